The van der Waals surface area contributed by atoms with Gasteiger partial charge in [0.1, 0.15) is 0 Å². The van der Waals surface area contributed by atoms with E-state index in [-0.39, 0.29) is 12.5 Å². The number of carbonyl (C=O) groups is 1. The minimum absolute atomic E-state index is 0.0307. The van der Waals surface area contributed by atoms with Crippen molar-refractivity contribution in [3.63, 3.8) is 0 Å². The fourth-order valence-corrected chi connectivity index (χ4v) is 9.90. The van der Waals surface area contributed by atoms with Crippen LogP contribution in [0.25, 0.3) is 0 Å². The van der Waals surface area contributed by atoms with Gasteiger partial charge in [-0.15, -0.1) is 0 Å². The minimum atomic E-state index is -0.663. The molecule has 0 saturated carbocycles. The van der Waals surface area contributed by atoms with Gasteiger partial charge in [0.2, 0.25) is 5.91 Å². The van der Waals surface area contributed by atoms with Crippen LogP contribution < -0.4 is 5.32 Å². The molecule has 68 heavy (non-hydrogen) atoms. The van der Waals surface area contributed by atoms with E-state index >= 15 is 0 Å². The highest BCUT2D eigenvalue weighted by Gasteiger charge is 2.20. The zero-order chi connectivity index (χ0) is 49.2. The van der Waals surface area contributed by atoms with E-state index in [0.29, 0.717) is 12.8 Å². The van der Waals surface area contributed by atoms with Crippen molar-refractivity contribution in [1.29, 1.82) is 0 Å². The molecule has 2 atom stereocenters. The maximum absolute atomic E-state index is 12.5. The number of carbonyl (C=O) groups excluding carboxylic acids is 1. The average molecular weight is 955 g/mol. The first-order chi connectivity index (χ1) is 33.7. The van der Waals surface area contributed by atoms with E-state index in [1.165, 1.54) is 283 Å². The first kappa shape index (κ1) is 66.6. The second-order valence-corrected chi connectivity index (χ2v) is 21.5. The van der Waals surface area contributed by atoms with Gasteiger partial charge in [0, 0.05) is 6.42 Å². The summed E-state index contributed by atoms with van der Waals surface area (Å²) in [5.74, 6) is -0.0307. The summed E-state index contributed by atoms with van der Waals surface area (Å²) in [6.07, 6.45) is 81.6. The van der Waals surface area contributed by atoms with Crippen LogP contribution in [-0.2, 0) is 4.79 Å². The van der Waals surface area contributed by atoms with Crippen molar-refractivity contribution in [2.24, 2.45) is 0 Å². The van der Waals surface area contributed by atoms with Gasteiger partial charge in [0.15, 0.2) is 0 Å². The SMILES string of the molecule is CCCCCCC/C=C\C/C=C\C/C=C\CCCCCCCCCCCCC(=O)NC(CO)C(O)CCCCCCCCCCCCCCCCCCCCCCCCCCCCCCCCC. The van der Waals surface area contributed by atoms with E-state index in [4.69, 9.17) is 0 Å². The lowest BCUT2D eigenvalue weighted by Gasteiger charge is -2.22. The lowest BCUT2D eigenvalue weighted by molar-refractivity contribution is -0.123. The summed E-state index contributed by atoms with van der Waals surface area (Å²) in [5.41, 5.74) is 0. The van der Waals surface area contributed by atoms with Crippen LogP contribution in [0.3, 0.4) is 0 Å². The third-order valence-corrected chi connectivity index (χ3v) is 14.7. The topological polar surface area (TPSA) is 69.6 Å². The number of amides is 1. The van der Waals surface area contributed by atoms with Crippen LogP contribution in [-0.4, -0.2) is 34.9 Å². The van der Waals surface area contributed by atoms with Crippen molar-refractivity contribution in [1.82, 2.24) is 5.32 Å². The second kappa shape index (κ2) is 59.9. The molecule has 4 heteroatoms. The third-order valence-electron chi connectivity index (χ3n) is 14.7. The molecular formula is C64H123NO3. The minimum Gasteiger partial charge on any atom is -0.394 e. The third kappa shape index (κ3) is 55.5. The molecule has 0 bridgehead atoms. The average Bonchev–Trinajstić information content (AvgIpc) is 3.34. The van der Waals surface area contributed by atoms with E-state index in [1.54, 1.807) is 0 Å². The summed E-state index contributed by atoms with van der Waals surface area (Å²) in [4.78, 5) is 12.5. The number of aliphatic hydroxyl groups is 2. The molecule has 0 aliphatic carbocycles. The van der Waals surface area contributed by atoms with Crippen molar-refractivity contribution in [2.45, 2.75) is 360 Å². The summed E-state index contributed by atoms with van der Waals surface area (Å²) in [5, 5.41) is 23.4. The van der Waals surface area contributed by atoms with Gasteiger partial charge in [-0.05, 0) is 51.4 Å². The van der Waals surface area contributed by atoms with Crippen molar-refractivity contribution < 1.29 is 15.0 Å². The number of nitrogens with one attached hydrogen (secondary N) is 1. The van der Waals surface area contributed by atoms with Crippen LogP contribution in [0.4, 0.5) is 0 Å². The molecule has 0 fully saturated rings. The Bertz CT molecular complexity index is 1040. The molecule has 0 aliphatic rings. The van der Waals surface area contributed by atoms with Gasteiger partial charge < -0.3 is 15.5 Å². The first-order valence-electron chi connectivity index (χ1n) is 31.2. The van der Waals surface area contributed by atoms with Gasteiger partial charge in [-0.1, -0.05) is 326 Å². The molecule has 0 rings (SSSR count). The van der Waals surface area contributed by atoms with Crippen molar-refractivity contribution in [2.75, 3.05) is 6.61 Å². The number of hydrogen-bond acceptors (Lipinski definition) is 3. The molecule has 0 heterocycles. The molecule has 0 spiro atoms. The maximum atomic E-state index is 12.5. The van der Waals surface area contributed by atoms with Crippen LogP contribution in [0.5, 0.6) is 0 Å². The van der Waals surface area contributed by atoms with Gasteiger partial charge >= 0.3 is 0 Å². The Labute approximate surface area is 427 Å². The largest absolute Gasteiger partial charge is 0.394 e. The Balaban J connectivity index is 3.43. The Kier molecular flexibility index (Phi) is 58.7. The van der Waals surface area contributed by atoms with Gasteiger partial charge in [0.05, 0.1) is 18.8 Å². The standard InChI is InChI=1S/C64H123NO3/c1-3-5-7-9-11-13-15-17-19-21-23-25-27-29-30-31-32-33-34-36-37-39-41-43-45-47-49-51-53-55-57-59-63(67)62(61-66)65-64(68)60-58-56-54-52-50-48-46-44-42-40-38-35-28-26-24-22-20-18-16-14-12-10-8-6-4-2/h16,18,22,24,28,35,62-63,66-67H,3-15,17,19-21,23,25-27,29-34,36-61H2,1-2H3,(H,65,68)/b18-16-,24-22-,35-28-. The Morgan fingerprint density at radius 1 is 0.353 bits per heavy atom. The molecule has 0 aromatic heterocycles. The highest BCUT2D eigenvalue weighted by molar-refractivity contribution is 5.76. The molecule has 0 radical (unpaired) electrons. The molecule has 3 N–H and O–H groups in total. The molecule has 2 unspecified atom stereocenters. The van der Waals surface area contributed by atoms with E-state index in [0.717, 1.165) is 38.5 Å². The number of unbranched alkanes of at least 4 members (excludes halogenated alkanes) is 45. The Morgan fingerprint density at radius 2 is 0.603 bits per heavy atom. The smallest absolute Gasteiger partial charge is 0.220 e. The molecule has 0 aliphatic heterocycles. The van der Waals surface area contributed by atoms with Crippen molar-refractivity contribution in [3.8, 4) is 0 Å². The normalized spacial score (nSPS) is 12.9. The molecule has 0 aromatic rings. The van der Waals surface area contributed by atoms with Gasteiger partial charge in [-0.25, -0.2) is 0 Å². The van der Waals surface area contributed by atoms with E-state index in [9.17, 15) is 15.0 Å². The molecule has 0 saturated heterocycles. The van der Waals surface area contributed by atoms with E-state index in [2.05, 4.69) is 55.6 Å². The van der Waals surface area contributed by atoms with E-state index in [1.807, 2.05) is 0 Å². The quantitative estimate of drug-likeness (QED) is 0.0420. The summed E-state index contributed by atoms with van der Waals surface area (Å²) < 4.78 is 0. The Hall–Kier alpha value is -1.39. The second-order valence-electron chi connectivity index (χ2n) is 21.5. The predicted molar refractivity (Wildman–Crippen MR) is 304 cm³/mol. The zero-order valence-corrected chi connectivity index (χ0v) is 46.4. The highest BCUT2D eigenvalue weighted by atomic mass is 16.3. The predicted octanol–water partition coefficient (Wildman–Crippen LogP) is 20.8. The number of rotatable bonds is 58. The van der Waals surface area contributed by atoms with Gasteiger partial charge in [-0.3, -0.25) is 4.79 Å². The first-order valence-corrected chi connectivity index (χ1v) is 31.2. The van der Waals surface area contributed by atoms with E-state index < -0.39 is 12.1 Å². The lowest BCUT2D eigenvalue weighted by atomic mass is 10.0. The van der Waals surface area contributed by atoms with Crippen LogP contribution in [0, 0.1) is 0 Å². The summed E-state index contributed by atoms with van der Waals surface area (Å²) >= 11 is 0. The van der Waals surface area contributed by atoms with Gasteiger partial charge in [0.25, 0.3) is 0 Å². The summed E-state index contributed by atoms with van der Waals surface area (Å²) in [6.45, 7) is 4.38. The van der Waals surface area contributed by atoms with Crippen molar-refractivity contribution in [3.05, 3.63) is 36.5 Å². The molecule has 1 amide bonds. The number of aliphatic hydroxyl groups excluding tert-OH is 2. The zero-order valence-electron chi connectivity index (χ0n) is 46.4. The van der Waals surface area contributed by atoms with Crippen LogP contribution in [0.15, 0.2) is 36.5 Å². The number of hydrogen-bond donors (Lipinski definition) is 3. The summed E-state index contributed by atoms with van der Waals surface area (Å²) in [6, 6.07) is -0.540. The monoisotopic (exact) mass is 954 g/mol. The molecular weight excluding hydrogens is 831 g/mol. The van der Waals surface area contributed by atoms with Crippen LogP contribution in [0.2, 0.25) is 0 Å². The Morgan fingerprint density at radius 3 is 0.897 bits per heavy atom. The van der Waals surface area contributed by atoms with Crippen molar-refractivity contribution >= 4 is 5.91 Å². The van der Waals surface area contributed by atoms with Gasteiger partial charge in [-0.2, -0.15) is 0 Å². The molecule has 402 valence electrons. The number of allylic oxidation sites excluding steroid dienone is 6. The maximum Gasteiger partial charge on any atom is 0.220 e. The fraction of sp³-hybridized carbons (Fsp3) is 0.891. The highest BCUT2D eigenvalue weighted by Crippen LogP contribution is 2.18. The lowest BCUT2D eigenvalue weighted by Crippen LogP contribution is -2.45. The molecule has 0 aromatic carbocycles. The molecule has 4 nitrogen and oxygen atoms in total. The summed E-state index contributed by atoms with van der Waals surface area (Å²) in [7, 11) is 0. The van der Waals surface area contributed by atoms with Crippen LogP contribution >= 0.6 is 0 Å². The fourth-order valence-electron chi connectivity index (χ4n) is 9.90. The van der Waals surface area contributed by atoms with Crippen LogP contribution in [0.1, 0.15) is 348 Å².